The molecular weight excluding hydrogens is 216 g/mol. The fraction of sp³-hybridized carbons (Fsp3) is 0.357. The van der Waals surface area contributed by atoms with E-state index in [0.29, 0.717) is 5.56 Å². The molecule has 1 aliphatic heterocycles. The quantitative estimate of drug-likeness (QED) is 0.643. The average Bonchev–Trinajstić information content (AvgIpc) is 2.63. The molecule has 1 heterocycles. The molecule has 1 N–H and O–H groups in total. The van der Waals surface area contributed by atoms with Gasteiger partial charge in [0.15, 0.2) is 6.10 Å². The third-order valence-electron chi connectivity index (χ3n) is 2.84. The van der Waals surface area contributed by atoms with Crippen molar-refractivity contribution in [3.8, 4) is 0 Å². The van der Waals surface area contributed by atoms with Crippen LogP contribution < -0.4 is 0 Å². The maximum atomic E-state index is 11.5. The second-order valence-electron chi connectivity index (χ2n) is 4.48. The van der Waals surface area contributed by atoms with Gasteiger partial charge in [0, 0.05) is 5.56 Å². The first kappa shape index (κ1) is 11.9. The summed E-state index contributed by atoms with van der Waals surface area (Å²) in [7, 11) is 0. The zero-order valence-electron chi connectivity index (χ0n) is 10.1. The van der Waals surface area contributed by atoms with E-state index in [9.17, 15) is 4.79 Å². The smallest absolute Gasteiger partial charge is 0.339 e. The topological polar surface area (TPSA) is 46.5 Å². The Morgan fingerprint density at radius 1 is 1.47 bits per heavy atom. The lowest BCUT2D eigenvalue weighted by molar-refractivity contribution is 0.0235. The standard InChI is InChI=1S/C14H16O3/c1-9(2)3-4-10-5-6-11-12(7-10)13(8-15)17-14(11)16/h3,5-7,13,15H,4,8H2,1-2H3. The summed E-state index contributed by atoms with van der Waals surface area (Å²) in [6.45, 7) is 3.94. The van der Waals surface area contributed by atoms with Gasteiger partial charge in [0.2, 0.25) is 0 Å². The van der Waals surface area contributed by atoms with Crippen LogP contribution in [0.4, 0.5) is 0 Å². The molecule has 1 aliphatic rings. The number of carbonyl (C=O) groups excluding carboxylic acids is 1. The van der Waals surface area contributed by atoms with Gasteiger partial charge in [-0.05, 0) is 31.9 Å². The summed E-state index contributed by atoms with van der Waals surface area (Å²) in [5.74, 6) is -0.340. The van der Waals surface area contributed by atoms with Crippen molar-refractivity contribution in [1.82, 2.24) is 0 Å². The monoisotopic (exact) mass is 232 g/mol. The molecule has 1 atom stereocenters. The molecule has 0 fully saturated rings. The lowest BCUT2D eigenvalue weighted by Crippen LogP contribution is -2.03. The highest BCUT2D eigenvalue weighted by atomic mass is 16.6. The lowest BCUT2D eigenvalue weighted by atomic mass is 10.00. The average molecular weight is 232 g/mol. The van der Waals surface area contributed by atoms with Crippen molar-refractivity contribution in [3.63, 3.8) is 0 Å². The van der Waals surface area contributed by atoms with E-state index in [1.165, 1.54) is 5.57 Å². The second-order valence-corrected chi connectivity index (χ2v) is 4.48. The van der Waals surface area contributed by atoms with Crippen molar-refractivity contribution in [2.45, 2.75) is 26.4 Å². The molecular formula is C14H16O3. The molecule has 0 saturated heterocycles. The Bertz CT molecular complexity index is 470. The summed E-state index contributed by atoms with van der Waals surface area (Å²) in [5.41, 5.74) is 3.76. The van der Waals surface area contributed by atoms with Gasteiger partial charge in [-0.25, -0.2) is 4.79 Å². The van der Waals surface area contributed by atoms with Crippen LogP contribution in [0.25, 0.3) is 0 Å². The minimum absolute atomic E-state index is 0.162. The van der Waals surface area contributed by atoms with Gasteiger partial charge in [-0.2, -0.15) is 0 Å². The Balaban J connectivity index is 2.30. The summed E-state index contributed by atoms with van der Waals surface area (Å²) in [4.78, 5) is 11.5. The molecule has 0 saturated carbocycles. The number of esters is 1. The number of ether oxygens (including phenoxy) is 1. The summed E-state index contributed by atoms with van der Waals surface area (Å²) in [6, 6.07) is 5.65. The highest BCUT2D eigenvalue weighted by molar-refractivity contribution is 5.94. The largest absolute Gasteiger partial charge is 0.451 e. The molecule has 2 rings (SSSR count). The lowest BCUT2D eigenvalue weighted by Gasteiger charge is -2.07. The number of aliphatic hydroxyl groups is 1. The van der Waals surface area contributed by atoms with Crippen LogP contribution >= 0.6 is 0 Å². The van der Waals surface area contributed by atoms with Crippen molar-refractivity contribution < 1.29 is 14.6 Å². The second kappa shape index (κ2) is 4.72. The van der Waals surface area contributed by atoms with Crippen molar-refractivity contribution in [2.24, 2.45) is 0 Å². The van der Waals surface area contributed by atoms with Crippen LogP contribution in [0, 0.1) is 0 Å². The molecule has 0 aliphatic carbocycles. The molecule has 90 valence electrons. The van der Waals surface area contributed by atoms with Gasteiger partial charge in [0.1, 0.15) is 0 Å². The van der Waals surface area contributed by atoms with Gasteiger partial charge in [-0.1, -0.05) is 23.8 Å². The van der Waals surface area contributed by atoms with E-state index in [1.54, 1.807) is 6.07 Å². The van der Waals surface area contributed by atoms with Crippen LogP contribution in [-0.4, -0.2) is 17.7 Å². The molecule has 0 spiro atoms. The zero-order chi connectivity index (χ0) is 12.4. The number of carbonyl (C=O) groups is 1. The number of aliphatic hydroxyl groups excluding tert-OH is 1. The molecule has 0 amide bonds. The molecule has 1 unspecified atom stereocenters. The third kappa shape index (κ3) is 2.39. The van der Waals surface area contributed by atoms with E-state index in [4.69, 9.17) is 9.84 Å². The molecule has 1 aromatic rings. The fourth-order valence-corrected chi connectivity index (χ4v) is 1.91. The number of benzene rings is 1. The van der Waals surface area contributed by atoms with E-state index in [2.05, 4.69) is 19.9 Å². The maximum absolute atomic E-state index is 11.5. The fourth-order valence-electron chi connectivity index (χ4n) is 1.91. The number of cyclic esters (lactones) is 1. The Morgan fingerprint density at radius 2 is 2.24 bits per heavy atom. The van der Waals surface area contributed by atoms with E-state index >= 15 is 0 Å². The third-order valence-corrected chi connectivity index (χ3v) is 2.84. The predicted octanol–water partition coefficient (Wildman–Crippen LogP) is 2.40. The Labute approximate surface area is 101 Å². The van der Waals surface area contributed by atoms with Gasteiger partial charge in [0.05, 0.1) is 12.2 Å². The first-order chi connectivity index (χ1) is 8.11. The van der Waals surface area contributed by atoms with Gasteiger partial charge in [0.25, 0.3) is 0 Å². The van der Waals surface area contributed by atoms with Crippen molar-refractivity contribution >= 4 is 5.97 Å². The van der Waals surface area contributed by atoms with Crippen LogP contribution in [0.3, 0.4) is 0 Å². The van der Waals surface area contributed by atoms with Gasteiger partial charge < -0.3 is 9.84 Å². The summed E-state index contributed by atoms with van der Waals surface area (Å²) >= 11 is 0. The highest BCUT2D eigenvalue weighted by Gasteiger charge is 2.30. The molecule has 17 heavy (non-hydrogen) atoms. The predicted molar refractivity (Wildman–Crippen MR) is 64.8 cm³/mol. The number of fused-ring (bicyclic) bond motifs is 1. The van der Waals surface area contributed by atoms with Crippen LogP contribution in [-0.2, 0) is 11.2 Å². The van der Waals surface area contributed by atoms with Crippen LogP contribution in [0.2, 0.25) is 0 Å². The minimum Gasteiger partial charge on any atom is -0.451 e. The van der Waals surface area contributed by atoms with E-state index in [1.807, 2.05) is 12.1 Å². The maximum Gasteiger partial charge on any atom is 0.339 e. The number of hydrogen-bond donors (Lipinski definition) is 1. The van der Waals surface area contributed by atoms with Crippen LogP contribution in [0.5, 0.6) is 0 Å². The van der Waals surface area contributed by atoms with E-state index in [0.717, 1.165) is 17.5 Å². The summed E-state index contributed by atoms with van der Waals surface area (Å²) in [6.07, 6.45) is 2.47. The Kier molecular flexibility index (Phi) is 3.29. The van der Waals surface area contributed by atoms with Crippen molar-refractivity contribution in [3.05, 3.63) is 46.5 Å². The van der Waals surface area contributed by atoms with Crippen LogP contribution in [0.15, 0.2) is 29.8 Å². The van der Waals surface area contributed by atoms with Crippen LogP contribution in [0.1, 0.15) is 41.4 Å². The summed E-state index contributed by atoms with van der Waals surface area (Å²) < 4.78 is 5.06. The molecule has 0 bridgehead atoms. The number of hydrogen-bond acceptors (Lipinski definition) is 3. The molecule has 1 aromatic carbocycles. The van der Waals surface area contributed by atoms with Gasteiger partial charge >= 0.3 is 5.97 Å². The van der Waals surface area contributed by atoms with E-state index < -0.39 is 6.10 Å². The first-order valence-electron chi connectivity index (χ1n) is 5.70. The van der Waals surface area contributed by atoms with Gasteiger partial charge in [-0.15, -0.1) is 0 Å². The highest BCUT2D eigenvalue weighted by Crippen LogP contribution is 2.31. The minimum atomic E-state index is -0.496. The molecule has 3 heteroatoms. The Hall–Kier alpha value is -1.61. The Morgan fingerprint density at radius 3 is 2.88 bits per heavy atom. The zero-order valence-corrected chi connectivity index (χ0v) is 10.1. The number of rotatable bonds is 3. The first-order valence-corrected chi connectivity index (χ1v) is 5.70. The normalized spacial score (nSPS) is 17.6. The SMILES string of the molecule is CC(C)=CCc1ccc2c(c1)C(CO)OC2=O. The number of allylic oxidation sites excluding steroid dienone is 2. The van der Waals surface area contributed by atoms with Crippen molar-refractivity contribution in [2.75, 3.05) is 6.61 Å². The molecule has 3 nitrogen and oxygen atoms in total. The van der Waals surface area contributed by atoms with E-state index in [-0.39, 0.29) is 12.6 Å². The molecule has 0 aromatic heterocycles. The van der Waals surface area contributed by atoms with Gasteiger partial charge in [-0.3, -0.25) is 0 Å². The molecule has 0 radical (unpaired) electrons. The summed E-state index contributed by atoms with van der Waals surface area (Å²) in [5, 5.41) is 9.15. The van der Waals surface area contributed by atoms with Crippen molar-refractivity contribution in [1.29, 1.82) is 0 Å².